The fourth-order valence-electron chi connectivity index (χ4n) is 1.71. The lowest BCUT2D eigenvalue weighted by Gasteiger charge is -2.03. The lowest BCUT2D eigenvalue weighted by Crippen LogP contribution is -2.06. The standard InChI is InChI=1S/C15H11BrF2OS/c16-11-4-10(5-13(18)7-11)6-14(19)9-20-15-3-1-2-12(17)8-15/h1-5,7-8H,6,9H2. The van der Waals surface area contributed by atoms with Gasteiger partial charge in [-0.1, -0.05) is 22.0 Å². The normalized spacial score (nSPS) is 10.6. The third kappa shape index (κ3) is 4.72. The molecule has 0 spiro atoms. The van der Waals surface area contributed by atoms with Gasteiger partial charge in [0.2, 0.25) is 0 Å². The van der Waals surface area contributed by atoms with Crippen LogP contribution in [0.15, 0.2) is 51.8 Å². The van der Waals surface area contributed by atoms with Crippen molar-refractivity contribution < 1.29 is 13.6 Å². The summed E-state index contributed by atoms with van der Waals surface area (Å²) in [6, 6.07) is 10.5. The molecule has 0 fully saturated rings. The van der Waals surface area contributed by atoms with Crippen molar-refractivity contribution in [2.75, 3.05) is 5.75 Å². The summed E-state index contributed by atoms with van der Waals surface area (Å²) in [5.74, 6) is -0.495. The first-order chi connectivity index (χ1) is 9.52. The number of thioether (sulfide) groups is 1. The van der Waals surface area contributed by atoms with E-state index in [-0.39, 0.29) is 29.6 Å². The maximum atomic E-state index is 13.2. The Bertz CT molecular complexity index is 611. The zero-order valence-corrected chi connectivity index (χ0v) is 12.8. The van der Waals surface area contributed by atoms with E-state index in [1.807, 2.05) is 0 Å². The van der Waals surface area contributed by atoms with Gasteiger partial charge in [-0.25, -0.2) is 8.78 Å². The van der Waals surface area contributed by atoms with Crippen molar-refractivity contribution in [2.45, 2.75) is 11.3 Å². The van der Waals surface area contributed by atoms with Crippen LogP contribution in [0.1, 0.15) is 5.56 Å². The van der Waals surface area contributed by atoms with Gasteiger partial charge in [-0.2, -0.15) is 0 Å². The van der Waals surface area contributed by atoms with E-state index in [0.29, 0.717) is 14.9 Å². The first-order valence-electron chi connectivity index (χ1n) is 5.88. The van der Waals surface area contributed by atoms with E-state index in [0.717, 1.165) is 0 Å². The number of Topliss-reactive ketones (excluding diaryl/α,β-unsaturated/α-hetero) is 1. The summed E-state index contributed by atoms with van der Waals surface area (Å²) >= 11 is 4.46. The molecule has 1 nitrogen and oxygen atoms in total. The van der Waals surface area contributed by atoms with Crippen molar-refractivity contribution in [1.29, 1.82) is 0 Å². The molecule has 0 amide bonds. The van der Waals surface area contributed by atoms with Gasteiger partial charge < -0.3 is 0 Å². The average Bonchev–Trinajstić information content (AvgIpc) is 2.35. The molecule has 0 aliphatic rings. The maximum Gasteiger partial charge on any atom is 0.147 e. The lowest BCUT2D eigenvalue weighted by molar-refractivity contribution is -0.116. The van der Waals surface area contributed by atoms with Crippen LogP contribution >= 0.6 is 27.7 Å². The highest BCUT2D eigenvalue weighted by molar-refractivity contribution is 9.10. The molecule has 5 heteroatoms. The number of rotatable bonds is 5. The smallest absolute Gasteiger partial charge is 0.147 e. The molecule has 0 aliphatic heterocycles. The highest BCUT2D eigenvalue weighted by atomic mass is 79.9. The molecule has 2 aromatic carbocycles. The van der Waals surface area contributed by atoms with E-state index in [9.17, 15) is 13.6 Å². The van der Waals surface area contributed by atoms with E-state index in [4.69, 9.17) is 0 Å². The molecule has 0 radical (unpaired) electrons. The molecular formula is C15H11BrF2OS. The summed E-state index contributed by atoms with van der Waals surface area (Å²) < 4.78 is 26.8. The third-order valence-corrected chi connectivity index (χ3v) is 4.03. The topological polar surface area (TPSA) is 17.1 Å². The van der Waals surface area contributed by atoms with E-state index >= 15 is 0 Å². The molecule has 0 aromatic heterocycles. The van der Waals surface area contributed by atoms with E-state index in [2.05, 4.69) is 15.9 Å². The molecule has 0 saturated heterocycles. The Morgan fingerprint density at radius 3 is 2.60 bits per heavy atom. The van der Waals surface area contributed by atoms with Crippen LogP contribution in [0.5, 0.6) is 0 Å². The molecular weight excluding hydrogens is 346 g/mol. The quantitative estimate of drug-likeness (QED) is 0.726. The van der Waals surface area contributed by atoms with Gasteiger partial charge in [0, 0.05) is 15.8 Å². The minimum absolute atomic E-state index is 0.0308. The zero-order valence-electron chi connectivity index (χ0n) is 10.4. The molecule has 0 N–H and O–H groups in total. The van der Waals surface area contributed by atoms with E-state index in [1.54, 1.807) is 18.2 Å². The van der Waals surface area contributed by atoms with Crippen molar-refractivity contribution in [1.82, 2.24) is 0 Å². The van der Waals surface area contributed by atoms with E-state index in [1.165, 1.54) is 36.0 Å². The van der Waals surface area contributed by atoms with Crippen LogP contribution < -0.4 is 0 Å². The average molecular weight is 357 g/mol. The minimum Gasteiger partial charge on any atom is -0.298 e. The van der Waals surface area contributed by atoms with Crippen LogP contribution in [0, 0.1) is 11.6 Å². The molecule has 20 heavy (non-hydrogen) atoms. The predicted molar refractivity (Wildman–Crippen MR) is 79.9 cm³/mol. The van der Waals surface area contributed by atoms with Gasteiger partial charge in [0.15, 0.2) is 0 Å². The molecule has 104 valence electrons. The maximum absolute atomic E-state index is 13.2. The van der Waals surface area contributed by atoms with Crippen LogP contribution in [0.4, 0.5) is 8.78 Å². The Balaban J connectivity index is 1.92. The van der Waals surface area contributed by atoms with Crippen LogP contribution in [-0.4, -0.2) is 11.5 Å². The van der Waals surface area contributed by atoms with Crippen LogP contribution in [0.2, 0.25) is 0 Å². The van der Waals surface area contributed by atoms with Crippen LogP contribution in [-0.2, 0) is 11.2 Å². The summed E-state index contributed by atoms with van der Waals surface area (Å²) in [7, 11) is 0. The van der Waals surface area contributed by atoms with Gasteiger partial charge >= 0.3 is 0 Å². The van der Waals surface area contributed by atoms with Crippen molar-refractivity contribution in [3.63, 3.8) is 0 Å². The van der Waals surface area contributed by atoms with Crippen LogP contribution in [0.3, 0.4) is 0 Å². The summed E-state index contributed by atoms with van der Waals surface area (Å²) in [6.45, 7) is 0. The van der Waals surface area contributed by atoms with Gasteiger partial charge in [-0.3, -0.25) is 4.79 Å². The lowest BCUT2D eigenvalue weighted by atomic mass is 10.1. The molecule has 0 saturated carbocycles. The fraction of sp³-hybridized carbons (Fsp3) is 0.133. The largest absolute Gasteiger partial charge is 0.298 e. The van der Waals surface area contributed by atoms with E-state index < -0.39 is 0 Å². The molecule has 2 rings (SSSR count). The van der Waals surface area contributed by atoms with Gasteiger partial charge in [0.25, 0.3) is 0 Å². The number of carbonyl (C=O) groups excluding carboxylic acids is 1. The molecule has 0 unspecified atom stereocenters. The Morgan fingerprint density at radius 1 is 1.10 bits per heavy atom. The predicted octanol–water partition coefficient (Wildman–Crippen LogP) is 4.63. The Labute approximate surface area is 128 Å². The van der Waals surface area contributed by atoms with Crippen molar-refractivity contribution >= 4 is 33.5 Å². The Hall–Kier alpha value is -1.20. The number of ketones is 1. The van der Waals surface area contributed by atoms with Gasteiger partial charge in [-0.05, 0) is 42.0 Å². The highest BCUT2D eigenvalue weighted by Crippen LogP contribution is 2.20. The summed E-state index contributed by atoms with van der Waals surface area (Å²) in [6.07, 6.45) is 0.165. The number of benzene rings is 2. The van der Waals surface area contributed by atoms with Gasteiger partial charge in [0.1, 0.15) is 17.4 Å². The summed E-state index contributed by atoms with van der Waals surface area (Å²) in [5.41, 5.74) is 0.627. The number of hydrogen-bond donors (Lipinski definition) is 0. The first kappa shape index (κ1) is 15.2. The van der Waals surface area contributed by atoms with Crippen molar-refractivity contribution in [3.8, 4) is 0 Å². The van der Waals surface area contributed by atoms with Gasteiger partial charge in [-0.15, -0.1) is 11.8 Å². The van der Waals surface area contributed by atoms with Crippen molar-refractivity contribution in [2.24, 2.45) is 0 Å². The Kier molecular flexibility index (Phi) is 5.31. The van der Waals surface area contributed by atoms with Gasteiger partial charge in [0.05, 0.1) is 5.75 Å². The Morgan fingerprint density at radius 2 is 1.90 bits per heavy atom. The van der Waals surface area contributed by atoms with Crippen molar-refractivity contribution in [3.05, 3.63) is 64.1 Å². The SMILES string of the molecule is O=C(CSc1cccc(F)c1)Cc1cc(F)cc(Br)c1. The molecule has 0 atom stereocenters. The number of hydrogen-bond acceptors (Lipinski definition) is 2. The highest BCUT2D eigenvalue weighted by Gasteiger charge is 2.07. The summed E-state index contributed by atoms with van der Waals surface area (Å²) in [4.78, 5) is 12.5. The molecule has 0 heterocycles. The zero-order chi connectivity index (χ0) is 14.5. The molecule has 2 aromatic rings. The second kappa shape index (κ2) is 6.99. The number of halogens is 3. The first-order valence-corrected chi connectivity index (χ1v) is 7.66. The second-order valence-electron chi connectivity index (χ2n) is 4.24. The molecule has 0 bridgehead atoms. The number of carbonyl (C=O) groups is 1. The third-order valence-electron chi connectivity index (χ3n) is 2.52. The summed E-state index contributed by atoms with van der Waals surface area (Å²) in [5, 5.41) is 0. The van der Waals surface area contributed by atoms with Crippen LogP contribution in [0.25, 0.3) is 0 Å². The second-order valence-corrected chi connectivity index (χ2v) is 6.20. The molecule has 0 aliphatic carbocycles. The fourth-order valence-corrected chi connectivity index (χ4v) is 3.03. The minimum atomic E-state index is -0.375. The monoisotopic (exact) mass is 356 g/mol.